The number of ether oxygens (including phenoxy) is 1. The van der Waals surface area contributed by atoms with Crippen molar-refractivity contribution in [1.82, 2.24) is 9.97 Å². The molecular formula is C28H29N5O6S2. The fourth-order valence-electron chi connectivity index (χ4n) is 3.86. The highest BCUT2D eigenvalue weighted by Gasteiger charge is 2.30. The molecule has 0 unspecified atom stereocenters. The Bertz CT molecular complexity index is 1780. The summed E-state index contributed by atoms with van der Waals surface area (Å²) < 4.78 is 61.7. The Morgan fingerprint density at radius 2 is 1.49 bits per heavy atom. The van der Waals surface area contributed by atoms with Crippen LogP contribution >= 0.6 is 0 Å². The maximum atomic E-state index is 13.7. The van der Waals surface area contributed by atoms with Gasteiger partial charge in [-0.3, -0.25) is 9.10 Å². The molecule has 0 fully saturated rings. The summed E-state index contributed by atoms with van der Waals surface area (Å²) in [5.74, 6) is -0.436. The van der Waals surface area contributed by atoms with Crippen molar-refractivity contribution in [2.45, 2.75) is 30.6 Å². The van der Waals surface area contributed by atoms with Crippen molar-refractivity contribution in [3.63, 3.8) is 0 Å². The van der Waals surface area contributed by atoms with Crippen LogP contribution < -0.4 is 19.1 Å². The second-order valence-electron chi connectivity index (χ2n) is 9.20. The van der Waals surface area contributed by atoms with E-state index in [9.17, 15) is 21.6 Å². The Balaban J connectivity index is 1.58. The first kappa shape index (κ1) is 29.5. The van der Waals surface area contributed by atoms with Crippen molar-refractivity contribution in [1.29, 1.82) is 0 Å². The van der Waals surface area contributed by atoms with Crippen LogP contribution in [0.15, 0.2) is 88.8 Å². The lowest BCUT2D eigenvalue weighted by Crippen LogP contribution is -2.38. The lowest BCUT2D eigenvalue weighted by atomic mass is 10.2. The minimum Gasteiger partial charge on any atom is -0.495 e. The number of nitrogens with zero attached hydrogens (tertiary/aromatic N) is 3. The summed E-state index contributed by atoms with van der Waals surface area (Å²) >= 11 is 0. The molecule has 0 aliphatic rings. The molecule has 214 valence electrons. The molecular weight excluding hydrogens is 566 g/mol. The first-order valence-corrected chi connectivity index (χ1v) is 15.3. The largest absolute Gasteiger partial charge is 0.495 e. The predicted molar refractivity (Wildman–Crippen MR) is 156 cm³/mol. The van der Waals surface area contributed by atoms with E-state index >= 15 is 0 Å². The van der Waals surface area contributed by atoms with Crippen molar-refractivity contribution in [3.05, 3.63) is 95.8 Å². The molecule has 1 amide bonds. The maximum absolute atomic E-state index is 13.7. The van der Waals surface area contributed by atoms with Gasteiger partial charge in [0.15, 0.2) is 0 Å². The molecule has 0 bridgehead atoms. The number of hydrogen-bond acceptors (Lipinski definition) is 8. The first-order valence-electron chi connectivity index (χ1n) is 12.4. The monoisotopic (exact) mass is 595 g/mol. The Morgan fingerprint density at radius 1 is 0.854 bits per heavy atom. The van der Waals surface area contributed by atoms with E-state index in [1.54, 1.807) is 50.2 Å². The maximum Gasteiger partial charge on any atom is 0.264 e. The fourth-order valence-corrected chi connectivity index (χ4v) is 6.23. The summed E-state index contributed by atoms with van der Waals surface area (Å²) in [6, 6.07) is 18.4. The Labute approximate surface area is 239 Å². The SMILES string of the molecule is COc1ccc(C)cc1N(CC(=O)Nc1ccc(S(=O)(=O)Nc2nccc(C)n2)cc1)S(=O)(=O)c1ccc(C)cc1. The summed E-state index contributed by atoms with van der Waals surface area (Å²) in [5.41, 5.74) is 2.72. The number of rotatable bonds is 10. The third kappa shape index (κ3) is 6.99. The van der Waals surface area contributed by atoms with Gasteiger partial charge in [0.25, 0.3) is 20.0 Å². The van der Waals surface area contributed by atoms with Crippen molar-refractivity contribution in [2.75, 3.05) is 28.0 Å². The summed E-state index contributed by atoms with van der Waals surface area (Å²) in [6.45, 7) is 4.78. The number of carbonyl (C=O) groups is 1. The number of carbonyl (C=O) groups excluding carboxylic acids is 1. The van der Waals surface area contributed by atoms with Crippen molar-refractivity contribution >= 4 is 43.3 Å². The van der Waals surface area contributed by atoms with Crippen LogP contribution in [0, 0.1) is 20.8 Å². The second-order valence-corrected chi connectivity index (χ2v) is 12.7. The minimum absolute atomic E-state index is 0.0131. The molecule has 41 heavy (non-hydrogen) atoms. The molecule has 4 rings (SSSR count). The molecule has 13 heteroatoms. The molecule has 1 heterocycles. The van der Waals surface area contributed by atoms with E-state index in [2.05, 4.69) is 20.0 Å². The fraction of sp³-hybridized carbons (Fsp3) is 0.179. The van der Waals surface area contributed by atoms with E-state index in [1.807, 2.05) is 6.92 Å². The first-order chi connectivity index (χ1) is 19.4. The third-order valence-corrected chi connectivity index (χ3v) is 9.09. The molecule has 0 saturated carbocycles. The molecule has 1 aromatic heterocycles. The molecule has 0 atom stereocenters. The zero-order chi connectivity index (χ0) is 29.8. The zero-order valence-electron chi connectivity index (χ0n) is 22.8. The minimum atomic E-state index is -4.17. The van der Waals surface area contributed by atoms with E-state index < -0.39 is 32.5 Å². The average molecular weight is 596 g/mol. The number of methoxy groups -OCH3 is 1. The highest BCUT2D eigenvalue weighted by molar-refractivity contribution is 7.93. The number of nitrogens with one attached hydrogen (secondary N) is 2. The second kappa shape index (κ2) is 11.9. The molecule has 11 nitrogen and oxygen atoms in total. The summed E-state index contributed by atoms with van der Waals surface area (Å²) in [5, 5.41) is 2.64. The van der Waals surface area contributed by atoms with Crippen LogP contribution in [0.1, 0.15) is 16.8 Å². The molecule has 0 radical (unpaired) electrons. The van der Waals surface area contributed by atoms with Gasteiger partial charge in [-0.2, -0.15) is 0 Å². The van der Waals surface area contributed by atoms with Crippen LogP contribution in [0.3, 0.4) is 0 Å². The summed E-state index contributed by atoms with van der Waals surface area (Å²) in [4.78, 5) is 21.0. The van der Waals surface area contributed by atoms with E-state index in [-0.39, 0.29) is 32.9 Å². The lowest BCUT2D eigenvalue weighted by Gasteiger charge is -2.26. The number of aromatic nitrogens is 2. The number of aryl methyl sites for hydroxylation is 3. The normalized spacial score (nSPS) is 11.5. The molecule has 4 aromatic rings. The molecule has 0 aliphatic carbocycles. The van der Waals surface area contributed by atoms with Gasteiger partial charge in [-0.25, -0.2) is 31.5 Å². The molecule has 0 saturated heterocycles. The van der Waals surface area contributed by atoms with Gasteiger partial charge >= 0.3 is 0 Å². The van der Waals surface area contributed by atoms with E-state index in [1.165, 1.54) is 49.7 Å². The van der Waals surface area contributed by atoms with Gasteiger partial charge in [0.05, 0.1) is 22.6 Å². The molecule has 0 aliphatic heterocycles. The van der Waals surface area contributed by atoms with Gasteiger partial charge in [0.1, 0.15) is 12.3 Å². The Morgan fingerprint density at radius 3 is 2.12 bits per heavy atom. The zero-order valence-corrected chi connectivity index (χ0v) is 24.5. The van der Waals surface area contributed by atoms with Gasteiger partial charge in [0, 0.05) is 17.6 Å². The van der Waals surface area contributed by atoms with Crippen LogP contribution in [0.2, 0.25) is 0 Å². The van der Waals surface area contributed by atoms with Crippen molar-refractivity contribution < 1.29 is 26.4 Å². The lowest BCUT2D eigenvalue weighted by molar-refractivity contribution is -0.114. The standard InChI is InChI=1S/C28H29N5O6S2/c1-19-5-10-24(11-6-19)41(37,38)33(25-17-20(2)7-14-26(25)39-4)18-27(34)31-22-8-12-23(13-9-22)40(35,36)32-28-29-16-15-21(3)30-28/h5-17H,18H2,1-4H3,(H,31,34)(H,29,30,32). The van der Waals surface area contributed by atoms with Gasteiger partial charge in [-0.1, -0.05) is 23.8 Å². The highest BCUT2D eigenvalue weighted by atomic mass is 32.2. The van der Waals surface area contributed by atoms with Crippen LogP contribution in [0.25, 0.3) is 0 Å². The predicted octanol–water partition coefficient (Wildman–Crippen LogP) is 4.05. The van der Waals surface area contributed by atoms with Crippen LogP contribution in [-0.2, 0) is 24.8 Å². The topological polar surface area (TPSA) is 148 Å². The summed E-state index contributed by atoms with van der Waals surface area (Å²) in [6.07, 6.45) is 1.44. The van der Waals surface area contributed by atoms with Gasteiger partial charge < -0.3 is 10.1 Å². The van der Waals surface area contributed by atoms with E-state index in [0.29, 0.717) is 5.69 Å². The van der Waals surface area contributed by atoms with Crippen LogP contribution in [0.4, 0.5) is 17.3 Å². The van der Waals surface area contributed by atoms with Gasteiger partial charge in [-0.05, 0) is 80.9 Å². The van der Waals surface area contributed by atoms with Crippen LogP contribution in [-0.4, -0.2) is 46.4 Å². The number of amides is 1. The molecule has 2 N–H and O–H groups in total. The van der Waals surface area contributed by atoms with Crippen molar-refractivity contribution in [3.8, 4) is 5.75 Å². The average Bonchev–Trinajstić information content (AvgIpc) is 2.92. The number of sulfonamides is 2. The van der Waals surface area contributed by atoms with Crippen LogP contribution in [0.5, 0.6) is 5.75 Å². The van der Waals surface area contributed by atoms with Gasteiger partial charge in [-0.15, -0.1) is 0 Å². The van der Waals surface area contributed by atoms with Gasteiger partial charge in [0.2, 0.25) is 11.9 Å². The van der Waals surface area contributed by atoms with E-state index in [0.717, 1.165) is 15.4 Å². The molecule has 0 spiro atoms. The molecule has 3 aromatic carbocycles. The smallest absolute Gasteiger partial charge is 0.264 e. The quantitative estimate of drug-likeness (QED) is 0.279. The Kier molecular flexibility index (Phi) is 8.59. The Hall–Kier alpha value is -4.49. The number of hydrogen-bond donors (Lipinski definition) is 2. The number of benzene rings is 3. The van der Waals surface area contributed by atoms with E-state index in [4.69, 9.17) is 4.74 Å². The highest BCUT2D eigenvalue weighted by Crippen LogP contribution is 2.33. The van der Waals surface area contributed by atoms with Crippen molar-refractivity contribution in [2.24, 2.45) is 0 Å². The number of anilines is 3. The third-order valence-electron chi connectivity index (χ3n) is 5.97. The summed E-state index contributed by atoms with van der Waals surface area (Å²) in [7, 11) is -6.74.